The highest BCUT2D eigenvalue weighted by atomic mass is 35.5. The van der Waals surface area contributed by atoms with Gasteiger partial charge in [0.1, 0.15) is 0 Å². The van der Waals surface area contributed by atoms with E-state index in [2.05, 4.69) is 10.6 Å². The molecule has 2 amide bonds. The lowest BCUT2D eigenvalue weighted by Crippen LogP contribution is -2.25. The Hall–Kier alpha value is -2.33. The molecule has 26 heavy (non-hydrogen) atoms. The monoisotopic (exact) mass is 370 g/mol. The van der Waals surface area contributed by atoms with Crippen molar-refractivity contribution in [1.82, 2.24) is 0 Å². The summed E-state index contributed by atoms with van der Waals surface area (Å²) in [4.78, 5) is 24.8. The average molecular weight is 371 g/mol. The molecule has 0 aromatic heterocycles. The minimum Gasteiger partial charge on any atom is -0.326 e. The summed E-state index contributed by atoms with van der Waals surface area (Å²) in [6.07, 6.45) is 1.92. The van der Waals surface area contributed by atoms with Gasteiger partial charge in [0.15, 0.2) is 0 Å². The second-order valence-electron chi connectivity index (χ2n) is 7.11. The lowest BCUT2D eigenvalue weighted by Gasteiger charge is -2.21. The van der Waals surface area contributed by atoms with E-state index in [4.69, 9.17) is 11.6 Å². The summed E-state index contributed by atoms with van der Waals surface area (Å²) in [6, 6.07) is 14.6. The number of halogens is 1. The topological polar surface area (TPSA) is 58.2 Å². The van der Waals surface area contributed by atoms with Gasteiger partial charge in [-0.3, -0.25) is 9.59 Å². The van der Waals surface area contributed by atoms with Crippen LogP contribution in [-0.4, -0.2) is 11.8 Å². The van der Waals surface area contributed by atoms with Crippen LogP contribution in [0.3, 0.4) is 0 Å². The number of carbonyl (C=O) groups is 2. The first-order valence-electron chi connectivity index (χ1n) is 8.91. The van der Waals surface area contributed by atoms with Crippen LogP contribution >= 0.6 is 11.6 Å². The van der Waals surface area contributed by atoms with Gasteiger partial charge in [0.25, 0.3) is 0 Å². The molecule has 0 bridgehead atoms. The Kier molecular flexibility index (Phi) is 5.62. The summed E-state index contributed by atoms with van der Waals surface area (Å²) in [5.41, 5.74) is 2.30. The van der Waals surface area contributed by atoms with Crippen molar-refractivity contribution in [2.75, 3.05) is 10.6 Å². The minimum absolute atomic E-state index is 0.0506. The highest BCUT2D eigenvalue weighted by Crippen LogP contribution is 2.31. The predicted octanol–water partition coefficient (Wildman–Crippen LogP) is 5.07. The maximum atomic E-state index is 12.9. The molecule has 1 fully saturated rings. The molecule has 0 radical (unpaired) electrons. The first kappa shape index (κ1) is 18.5. The number of rotatable bonds is 6. The third-order valence-electron chi connectivity index (χ3n) is 4.52. The molecule has 1 aliphatic rings. The SMILES string of the molecule is CC(C)C(C(=O)Nc1cccc(NC(=O)C2CC2)c1)c1ccc(Cl)cc1. The molecule has 0 spiro atoms. The quantitative estimate of drug-likeness (QED) is 0.746. The van der Waals surface area contributed by atoms with Crippen molar-refractivity contribution < 1.29 is 9.59 Å². The second kappa shape index (κ2) is 7.92. The number of nitrogens with one attached hydrogen (secondary N) is 2. The molecule has 136 valence electrons. The molecule has 1 atom stereocenters. The molecule has 1 aliphatic carbocycles. The Balaban J connectivity index is 1.72. The predicted molar refractivity (Wildman–Crippen MR) is 105 cm³/mol. The number of amides is 2. The van der Waals surface area contributed by atoms with Crippen LogP contribution in [0, 0.1) is 11.8 Å². The summed E-state index contributed by atoms with van der Waals surface area (Å²) in [7, 11) is 0. The lowest BCUT2D eigenvalue weighted by atomic mass is 9.87. The molecule has 0 saturated heterocycles. The highest BCUT2D eigenvalue weighted by Gasteiger charge is 2.29. The zero-order valence-electron chi connectivity index (χ0n) is 15.0. The van der Waals surface area contributed by atoms with Gasteiger partial charge in [-0.25, -0.2) is 0 Å². The van der Waals surface area contributed by atoms with E-state index in [1.807, 2.05) is 44.2 Å². The summed E-state index contributed by atoms with van der Waals surface area (Å²) < 4.78 is 0. The van der Waals surface area contributed by atoms with Gasteiger partial charge in [0, 0.05) is 22.3 Å². The Morgan fingerprint density at radius 1 is 1.00 bits per heavy atom. The molecule has 2 N–H and O–H groups in total. The van der Waals surface area contributed by atoms with Gasteiger partial charge in [0.05, 0.1) is 5.92 Å². The van der Waals surface area contributed by atoms with Crippen molar-refractivity contribution in [2.24, 2.45) is 11.8 Å². The Bertz CT molecular complexity index is 798. The minimum atomic E-state index is -0.281. The van der Waals surface area contributed by atoms with E-state index >= 15 is 0 Å². The molecule has 0 aliphatic heterocycles. The third-order valence-corrected chi connectivity index (χ3v) is 4.78. The maximum absolute atomic E-state index is 12.9. The maximum Gasteiger partial charge on any atom is 0.232 e. The fourth-order valence-corrected chi connectivity index (χ4v) is 3.12. The van der Waals surface area contributed by atoms with Crippen LogP contribution < -0.4 is 10.6 Å². The Morgan fingerprint density at radius 2 is 1.62 bits per heavy atom. The van der Waals surface area contributed by atoms with Crippen LogP contribution in [0.4, 0.5) is 11.4 Å². The third kappa shape index (κ3) is 4.64. The molecule has 4 nitrogen and oxygen atoms in total. The average Bonchev–Trinajstić information content (AvgIpc) is 3.42. The molecule has 5 heteroatoms. The number of hydrogen-bond donors (Lipinski definition) is 2. The van der Waals surface area contributed by atoms with Crippen molar-refractivity contribution in [1.29, 1.82) is 0 Å². The van der Waals surface area contributed by atoms with Gasteiger partial charge < -0.3 is 10.6 Å². The van der Waals surface area contributed by atoms with Gasteiger partial charge in [-0.05, 0) is 54.7 Å². The van der Waals surface area contributed by atoms with E-state index in [0.717, 1.165) is 18.4 Å². The Morgan fingerprint density at radius 3 is 2.19 bits per heavy atom. The highest BCUT2D eigenvalue weighted by molar-refractivity contribution is 6.30. The molecular formula is C21H23ClN2O2. The number of anilines is 2. The zero-order chi connectivity index (χ0) is 18.7. The van der Waals surface area contributed by atoms with E-state index in [9.17, 15) is 9.59 Å². The van der Waals surface area contributed by atoms with Gasteiger partial charge in [-0.15, -0.1) is 0 Å². The normalized spacial score (nSPS) is 14.8. The van der Waals surface area contributed by atoms with Gasteiger partial charge in [-0.2, -0.15) is 0 Å². The second-order valence-corrected chi connectivity index (χ2v) is 7.54. The first-order chi connectivity index (χ1) is 12.4. The molecule has 0 heterocycles. The van der Waals surface area contributed by atoms with Crippen molar-refractivity contribution in [2.45, 2.75) is 32.6 Å². The van der Waals surface area contributed by atoms with Crippen LogP contribution in [-0.2, 0) is 9.59 Å². The standard InChI is InChI=1S/C21H23ClN2O2/c1-13(2)19(14-8-10-16(22)11-9-14)21(26)24-18-5-3-4-17(12-18)23-20(25)15-6-7-15/h3-5,8-13,15,19H,6-7H2,1-2H3,(H,23,25)(H,24,26). The van der Waals surface area contributed by atoms with E-state index in [1.54, 1.807) is 18.2 Å². The molecule has 1 saturated carbocycles. The Labute approximate surface area is 158 Å². The van der Waals surface area contributed by atoms with Crippen LogP contribution in [0.1, 0.15) is 38.2 Å². The molecule has 2 aromatic carbocycles. The van der Waals surface area contributed by atoms with Crippen molar-refractivity contribution in [3.63, 3.8) is 0 Å². The summed E-state index contributed by atoms with van der Waals surface area (Å²) in [5, 5.41) is 6.52. The largest absolute Gasteiger partial charge is 0.326 e. The number of hydrogen-bond acceptors (Lipinski definition) is 2. The van der Waals surface area contributed by atoms with Gasteiger partial charge in [0.2, 0.25) is 11.8 Å². The molecular weight excluding hydrogens is 348 g/mol. The summed E-state index contributed by atoms with van der Waals surface area (Å²) in [5.74, 6) is -0.0305. The van der Waals surface area contributed by atoms with Crippen LogP contribution in [0.2, 0.25) is 5.02 Å². The van der Waals surface area contributed by atoms with Gasteiger partial charge >= 0.3 is 0 Å². The number of carbonyl (C=O) groups excluding carboxylic acids is 2. The zero-order valence-corrected chi connectivity index (χ0v) is 15.7. The van der Waals surface area contributed by atoms with Crippen molar-refractivity contribution >= 4 is 34.8 Å². The molecule has 3 rings (SSSR count). The van der Waals surface area contributed by atoms with Crippen LogP contribution in [0.5, 0.6) is 0 Å². The van der Waals surface area contributed by atoms with Crippen LogP contribution in [0.15, 0.2) is 48.5 Å². The smallest absolute Gasteiger partial charge is 0.232 e. The first-order valence-corrected chi connectivity index (χ1v) is 9.29. The van der Waals surface area contributed by atoms with Gasteiger partial charge in [-0.1, -0.05) is 43.6 Å². The van der Waals surface area contributed by atoms with Crippen LogP contribution in [0.25, 0.3) is 0 Å². The fourth-order valence-electron chi connectivity index (χ4n) is 2.99. The van der Waals surface area contributed by atoms with E-state index in [1.165, 1.54) is 0 Å². The van der Waals surface area contributed by atoms with E-state index in [0.29, 0.717) is 16.4 Å². The van der Waals surface area contributed by atoms with Crippen molar-refractivity contribution in [3.8, 4) is 0 Å². The summed E-state index contributed by atoms with van der Waals surface area (Å²) >= 11 is 5.96. The van der Waals surface area contributed by atoms with E-state index in [-0.39, 0.29) is 29.6 Å². The fraction of sp³-hybridized carbons (Fsp3) is 0.333. The van der Waals surface area contributed by atoms with E-state index < -0.39 is 0 Å². The molecule has 1 unspecified atom stereocenters. The lowest BCUT2D eigenvalue weighted by molar-refractivity contribution is -0.118. The molecule has 2 aromatic rings. The summed E-state index contributed by atoms with van der Waals surface area (Å²) in [6.45, 7) is 4.04. The van der Waals surface area contributed by atoms with Crippen molar-refractivity contribution in [3.05, 3.63) is 59.1 Å². The number of benzene rings is 2.